The Kier molecular flexibility index (Phi) is 10.7. The Morgan fingerprint density at radius 2 is 1.89 bits per heavy atom. The van der Waals surface area contributed by atoms with Gasteiger partial charge in [-0.3, -0.25) is 14.6 Å². The van der Waals surface area contributed by atoms with Crippen molar-refractivity contribution in [1.29, 1.82) is 0 Å². The van der Waals surface area contributed by atoms with Gasteiger partial charge in [0.15, 0.2) is 0 Å². The summed E-state index contributed by atoms with van der Waals surface area (Å²) in [6.45, 7) is 11.5. The molecule has 210 valence electrons. The standard InChI is InChI=1S/C29H41Cl2N5O2.H2/c1-21(2)16-26-20-35(28-27(31)17-23(18-33-28)29(37)32-10-15-38-3)13-14-36(26)25-8-11-34(12-9-25)19-22-4-6-24(30)7-5-22;/h4-7,17-18,21,25-26H,8-16,19-20H2,1-3H3,(H,32,37);1H/t26-;/m0./s1. The van der Waals surface area contributed by atoms with E-state index in [9.17, 15) is 4.79 Å². The summed E-state index contributed by atoms with van der Waals surface area (Å²) in [6, 6.07) is 11.0. The van der Waals surface area contributed by atoms with Crippen molar-refractivity contribution in [1.82, 2.24) is 20.1 Å². The first kappa shape index (κ1) is 29.1. The SMILES string of the molecule is COCCNC(=O)c1cnc(N2CCN(C3CCN(Cc4ccc(Cl)cc4)CC3)[C@@H](CC(C)C)C2)c(Cl)c1.[HH]. The Morgan fingerprint density at radius 3 is 2.55 bits per heavy atom. The minimum Gasteiger partial charge on any atom is -0.383 e. The summed E-state index contributed by atoms with van der Waals surface area (Å²) in [7, 11) is 1.61. The third kappa shape index (κ3) is 7.82. The van der Waals surface area contributed by atoms with Crippen LogP contribution in [0.25, 0.3) is 0 Å². The third-order valence-electron chi connectivity index (χ3n) is 7.59. The number of anilines is 1. The van der Waals surface area contributed by atoms with Crippen LogP contribution < -0.4 is 10.2 Å². The van der Waals surface area contributed by atoms with Crippen molar-refractivity contribution in [2.45, 2.75) is 51.7 Å². The lowest BCUT2D eigenvalue weighted by atomic mass is 9.94. The third-order valence-corrected chi connectivity index (χ3v) is 8.12. The van der Waals surface area contributed by atoms with Crippen molar-refractivity contribution in [2.24, 2.45) is 5.92 Å². The normalized spacial score (nSPS) is 19.7. The van der Waals surface area contributed by atoms with Gasteiger partial charge in [-0.05, 0) is 62.0 Å². The summed E-state index contributed by atoms with van der Waals surface area (Å²) in [6.07, 6.45) is 5.14. The van der Waals surface area contributed by atoms with Crippen molar-refractivity contribution in [3.63, 3.8) is 0 Å². The van der Waals surface area contributed by atoms with Crippen molar-refractivity contribution < 1.29 is 11.0 Å². The minimum atomic E-state index is -0.187. The van der Waals surface area contributed by atoms with E-state index in [0.29, 0.717) is 41.7 Å². The Bertz CT molecular complexity index is 1050. The lowest BCUT2D eigenvalue weighted by Gasteiger charge is -2.48. The topological polar surface area (TPSA) is 60.9 Å². The maximum atomic E-state index is 12.4. The second-order valence-electron chi connectivity index (χ2n) is 10.9. The number of piperidine rings is 1. The van der Waals surface area contributed by atoms with Crippen LogP contribution in [0.15, 0.2) is 36.5 Å². The maximum Gasteiger partial charge on any atom is 0.252 e. The summed E-state index contributed by atoms with van der Waals surface area (Å²) < 4.78 is 5.00. The fourth-order valence-electron chi connectivity index (χ4n) is 5.71. The molecule has 0 bridgehead atoms. The Hall–Kier alpha value is -1.90. The molecule has 0 unspecified atom stereocenters. The van der Waals surface area contributed by atoms with E-state index >= 15 is 0 Å². The van der Waals surface area contributed by atoms with Gasteiger partial charge in [0.25, 0.3) is 5.91 Å². The number of hydrogen-bond acceptors (Lipinski definition) is 6. The molecule has 0 radical (unpaired) electrons. The van der Waals surface area contributed by atoms with E-state index in [2.05, 4.69) is 51.0 Å². The number of methoxy groups -OCH3 is 1. The molecule has 3 heterocycles. The second-order valence-corrected chi connectivity index (χ2v) is 11.7. The average Bonchev–Trinajstić information content (AvgIpc) is 2.90. The number of ether oxygens (including phenoxy) is 1. The van der Waals surface area contributed by atoms with E-state index in [0.717, 1.165) is 56.5 Å². The van der Waals surface area contributed by atoms with Crippen LogP contribution in [0.1, 0.15) is 50.5 Å². The number of likely N-dealkylation sites (tertiary alicyclic amines) is 1. The minimum absolute atomic E-state index is 0. The fourth-order valence-corrected chi connectivity index (χ4v) is 6.12. The Balaban J connectivity index is 0.00000420. The highest BCUT2D eigenvalue weighted by Crippen LogP contribution is 2.31. The molecule has 2 aliphatic heterocycles. The molecule has 2 saturated heterocycles. The van der Waals surface area contributed by atoms with E-state index in [1.807, 2.05) is 12.1 Å². The van der Waals surface area contributed by atoms with Crippen molar-refractivity contribution in [2.75, 3.05) is 57.9 Å². The molecule has 9 heteroatoms. The van der Waals surface area contributed by atoms with Gasteiger partial charge in [0, 0.05) is 64.6 Å². The number of amides is 1. The molecule has 7 nitrogen and oxygen atoms in total. The number of pyridine rings is 1. The van der Waals surface area contributed by atoms with Crippen LogP contribution >= 0.6 is 23.2 Å². The molecular formula is C29H43Cl2N5O2. The van der Waals surface area contributed by atoms with Crippen LogP contribution in [0.2, 0.25) is 10.0 Å². The van der Waals surface area contributed by atoms with Crippen molar-refractivity contribution in [3.05, 3.63) is 57.7 Å². The van der Waals surface area contributed by atoms with Gasteiger partial charge in [0.1, 0.15) is 5.82 Å². The van der Waals surface area contributed by atoms with Crippen LogP contribution in [-0.4, -0.2) is 85.8 Å². The van der Waals surface area contributed by atoms with Gasteiger partial charge in [-0.2, -0.15) is 0 Å². The Morgan fingerprint density at radius 1 is 1.16 bits per heavy atom. The molecule has 0 spiro atoms. The van der Waals surface area contributed by atoms with Gasteiger partial charge >= 0.3 is 0 Å². The maximum absolute atomic E-state index is 12.4. The highest BCUT2D eigenvalue weighted by atomic mass is 35.5. The average molecular weight is 565 g/mol. The smallest absolute Gasteiger partial charge is 0.252 e. The largest absolute Gasteiger partial charge is 0.383 e. The number of nitrogens with zero attached hydrogens (tertiary/aromatic N) is 4. The van der Waals surface area contributed by atoms with E-state index in [-0.39, 0.29) is 7.33 Å². The predicted molar refractivity (Wildman–Crippen MR) is 157 cm³/mol. The van der Waals surface area contributed by atoms with Gasteiger partial charge in [-0.25, -0.2) is 4.98 Å². The lowest BCUT2D eigenvalue weighted by Crippen LogP contribution is -2.59. The second kappa shape index (κ2) is 13.9. The summed E-state index contributed by atoms with van der Waals surface area (Å²) >= 11 is 12.7. The molecule has 1 aromatic carbocycles. The number of nitrogens with one attached hydrogen (secondary N) is 1. The molecule has 4 rings (SSSR count). The van der Waals surface area contributed by atoms with E-state index in [4.69, 9.17) is 27.9 Å². The van der Waals surface area contributed by atoms with E-state index in [1.54, 1.807) is 19.4 Å². The summed E-state index contributed by atoms with van der Waals surface area (Å²) in [4.78, 5) is 24.6. The zero-order chi connectivity index (χ0) is 27.1. The van der Waals surface area contributed by atoms with Gasteiger partial charge in [0.05, 0.1) is 17.2 Å². The molecule has 1 N–H and O–H groups in total. The summed E-state index contributed by atoms with van der Waals surface area (Å²) in [5, 5.41) is 4.14. The number of halogens is 2. The lowest BCUT2D eigenvalue weighted by molar-refractivity contribution is 0.0545. The molecule has 2 aromatic rings. The van der Waals surface area contributed by atoms with Crippen molar-refractivity contribution >= 4 is 34.9 Å². The number of rotatable bonds is 10. The molecule has 1 aromatic heterocycles. The Labute approximate surface area is 238 Å². The van der Waals surface area contributed by atoms with E-state index < -0.39 is 0 Å². The number of piperazine rings is 1. The van der Waals surface area contributed by atoms with Gasteiger partial charge in [-0.15, -0.1) is 0 Å². The predicted octanol–water partition coefficient (Wildman–Crippen LogP) is 5.21. The van der Waals surface area contributed by atoms with Crippen LogP contribution in [-0.2, 0) is 11.3 Å². The molecule has 0 aliphatic carbocycles. The molecular weight excluding hydrogens is 521 g/mol. The molecule has 2 fully saturated rings. The number of aromatic nitrogens is 1. The van der Waals surface area contributed by atoms with Crippen molar-refractivity contribution in [3.8, 4) is 0 Å². The van der Waals surface area contributed by atoms with Gasteiger partial charge < -0.3 is 15.0 Å². The number of benzene rings is 1. The number of hydrogen-bond donors (Lipinski definition) is 1. The molecule has 2 aliphatic rings. The molecule has 1 atom stereocenters. The highest BCUT2D eigenvalue weighted by Gasteiger charge is 2.35. The van der Waals surface area contributed by atoms with Crippen LogP contribution in [0, 0.1) is 5.92 Å². The quantitative estimate of drug-likeness (QED) is 0.400. The molecule has 38 heavy (non-hydrogen) atoms. The highest BCUT2D eigenvalue weighted by molar-refractivity contribution is 6.33. The fraction of sp³-hybridized carbons (Fsp3) is 0.586. The van der Waals surface area contributed by atoms with E-state index in [1.165, 1.54) is 18.4 Å². The monoisotopic (exact) mass is 563 g/mol. The molecule has 0 saturated carbocycles. The van der Waals surface area contributed by atoms with Crippen LogP contribution in [0.3, 0.4) is 0 Å². The van der Waals surface area contributed by atoms with Crippen LogP contribution in [0.4, 0.5) is 5.82 Å². The first-order valence-corrected chi connectivity index (χ1v) is 14.5. The summed E-state index contributed by atoms with van der Waals surface area (Å²) in [5.41, 5.74) is 1.79. The molecule has 1 amide bonds. The van der Waals surface area contributed by atoms with Crippen LogP contribution in [0.5, 0.6) is 0 Å². The zero-order valence-corrected chi connectivity index (χ0v) is 24.3. The first-order chi connectivity index (χ1) is 18.3. The van der Waals surface area contributed by atoms with Gasteiger partial charge in [0.2, 0.25) is 0 Å². The first-order valence-electron chi connectivity index (χ1n) is 13.7. The number of carbonyl (C=O) groups excluding carboxylic acids is 1. The zero-order valence-electron chi connectivity index (χ0n) is 22.8. The number of carbonyl (C=O) groups is 1. The van der Waals surface area contributed by atoms with Gasteiger partial charge in [-0.1, -0.05) is 49.2 Å². The summed E-state index contributed by atoms with van der Waals surface area (Å²) in [5.74, 6) is 1.19.